The summed E-state index contributed by atoms with van der Waals surface area (Å²) in [4.78, 5) is 0. The molecule has 0 aromatic rings. The molecule has 4 heteroatoms. The van der Waals surface area contributed by atoms with E-state index in [0.717, 1.165) is 32.1 Å². The van der Waals surface area contributed by atoms with Crippen LogP contribution in [0.1, 0.15) is 58.3 Å². The highest BCUT2D eigenvalue weighted by atomic mass is 19.4. The second-order valence-corrected chi connectivity index (χ2v) is 6.17. The summed E-state index contributed by atoms with van der Waals surface area (Å²) in [6.07, 6.45) is 3.10. The van der Waals surface area contributed by atoms with E-state index >= 15 is 0 Å². The van der Waals surface area contributed by atoms with Crippen molar-refractivity contribution in [3.05, 3.63) is 0 Å². The number of alkyl halides is 3. The van der Waals surface area contributed by atoms with Crippen molar-refractivity contribution < 1.29 is 13.2 Å². The van der Waals surface area contributed by atoms with Gasteiger partial charge in [-0.3, -0.25) is 0 Å². The minimum atomic E-state index is -4.03. The van der Waals surface area contributed by atoms with E-state index in [1.165, 1.54) is 6.42 Å². The van der Waals surface area contributed by atoms with E-state index in [0.29, 0.717) is 24.8 Å². The minimum absolute atomic E-state index is 0.307. The maximum absolute atomic E-state index is 13.0. The molecule has 2 fully saturated rings. The van der Waals surface area contributed by atoms with Crippen LogP contribution in [0.4, 0.5) is 13.2 Å². The van der Waals surface area contributed by atoms with Crippen LogP contribution in [0.2, 0.25) is 0 Å². The summed E-state index contributed by atoms with van der Waals surface area (Å²) in [6.45, 7) is 2.20. The molecule has 4 unspecified atom stereocenters. The van der Waals surface area contributed by atoms with Gasteiger partial charge in [0.15, 0.2) is 0 Å². The van der Waals surface area contributed by atoms with Gasteiger partial charge >= 0.3 is 6.18 Å². The van der Waals surface area contributed by atoms with Crippen molar-refractivity contribution in [1.29, 1.82) is 0 Å². The van der Waals surface area contributed by atoms with Crippen LogP contribution in [-0.4, -0.2) is 18.3 Å². The molecule has 2 aliphatic carbocycles. The lowest BCUT2D eigenvalue weighted by Gasteiger charge is -2.38. The highest BCUT2D eigenvalue weighted by molar-refractivity contribution is 4.89. The molecule has 0 radical (unpaired) electrons. The van der Waals surface area contributed by atoms with Crippen molar-refractivity contribution >= 4 is 0 Å². The molecule has 0 aromatic carbocycles. The zero-order valence-corrected chi connectivity index (χ0v) is 11.1. The van der Waals surface area contributed by atoms with Crippen molar-refractivity contribution in [2.24, 2.45) is 11.8 Å². The number of hydrogen-bond donors (Lipinski definition) is 1. The fourth-order valence-corrected chi connectivity index (χ4v) is 3.61. The Morgan fingerprint density at radius 1 is 0.944 bits per heavy atom. The first kappa shape index (κ1) is 14.2. The Hall–Kier alpha value is -0.250. The summed E-state index contributed by atoms with van der Waals surface area (Å²) < 4.78 is 38.9. The molecular formula is C14H24F3N. The average molecular weight is 263 g/mol. The van der Waals surface area contributed by atoms with E-state index in [4.69, 9.17) is 0 Å². The van der Waals surface area contributed by atoms with Crippen LogP contribution in [0.3, 0.4) is 0 Å². The Balaban J connectivity index is 1.93. The largest absolute Gasteiger partial charge is 0.393 e. The Kier molecular flexibility index (Phi) is 4.57. The quantitative estimate of drug-likeness (QED) is 0.784. The lowest BCUT2D eigenvalue weighted by Crippen LogP contribution is -2.50. The maximum atomic E-state index is 13.0. The lowest BCUT2D eigenvalue weighted by molar-refractivity contribution is -0.189. The summed E-state index contributed by atoms with van der Waals surface area (Å²) in [5, 5.41) is 3.32. The second-order valence-electron chi connectivity index (χ2n) is 6.17. The van der Waals surface area contributed by atoms with Crippen molar-refractivity contribution in [2.45, 2.75) is 76.6 Å². The summed E-state index contributed by atoms with van der Waals surface area (Å²) in [5.74, 6) is -0.465. The monoisotopic (exact) mass is 263 g/mol. The molecule has 0 heterocycles. The topological polar surface area (TPSA) is 12.0 Å². The standard InChI is InChI=1S/C14H24F3N/c1-10-5-4-6-11(9-10)18-13-8-3-2-7-12(13)14(15,16)17/h10-13,18H,2-9H2,1H3. The Morgan fingerprint density at radius 3 is 2.33 bits per heavy atom. The molecule has 1 nitrogen and oxygen atoms in total. The SMILES string of the molecule is CC1CCCC(NC2CCCCC2C(F)(F)F)C1. The van der Waals surface area contributed by atoms with Crippen molar-refractivity contribution in [2.75, 3.05) is 0 Å². The molecule has 2 saturated carbocycles. The second kappa shape index (κ2) is 5.81. The van der Waals surface area contributed by atoms with Gasteiger partial charge in [0.1, 0.15) is 0 Å². The highest BCUT2D eigenvalue weighted by Crippen LogP contribution is 2.38. The van der Waals surface area contributed by atoms with Gasteiger partial charge in [-0.1, -0.05) is 32.6 Å². The maximum Gasteiger partial charge on any atom is 0.393 e. The van der Waals surface area contributed by atoms with Crippen LogP contribution in [0.25, 0.3) is 0 Å². The summed E-state index contributed by atoms with van der Waals surface area (Å²) in [5.41, 5.74) is 0. The molecule has 0 spiro atoms. The third-order valence-corrected chi connectivity index (χ3v) is 4.57. The number of nitrogens with one attached hydrogen (secondary N) is 1. The van der Waals surface area contributed by atoms with E-state index in [1.54, 1.807) is 0 Å². The predicted molar refractivity (Wildman–Crippen MR) is 66.4 cm³/mol. The molecule has 0 aromatic heterocycles. The first-order valence-electron chi connectivity index (χ1n) is 7.29. The van der Waals surface area contributed by atoms with Gasteiger partial charge in [0, 0.05) is 12.1 Å². The molecule has 2 aliphatic rings. The third kappa shape index (κ3) is 3.62. The average Bonchev–Trinajstić information content (AvgIpc) is 2.28. The van der Waals surface area contributed by atoms with Gasteiger partial charge in [0.05, 0.1) is 5.92 Å². The van der Waals surface area contributed by atoms with Crippen LogP contribution in [-0.2, 0) is 0 Å². The van der Waals surface area contributed by atoms with Crippen molar-refractivity contribution in [3.8, 4) is 0 Å². The molecular weight excluding hydrogens is 239 g/mol. The van der Waals surface area contributed by atoms with Gasteiger partial charge in [-0.05, 0) is 31.6 Å². The van der Waals surface area contributed by atoms with Crippen LogP contribution >= 0.6 is 0 Å². The van der Waals surface area contributed by atoms with E-state index in [-0.39, 0.29) is 6.04 Å². The zero-order valence-electron chi connectivity index (χ0n) is 11.1. The van der Waals surface area contributed by atoms with Crippen LogP contribution in [0, 0.1) is 11.8 Å². The Labute approximate surface area is 108 Å². The smallest absolute Gasteiger partial charge is 0.311 e. The fourth-order valence-electron chi connectivity index (χ4n) is 3.61. The van der Waals surface area contributed by atoms with Gasteiger partial charge in [-0.2, -0.15) is 13.2 Å². The number of hydrogen-bond acceptors (Lipinski definition) is 1. The van der Waals surface area contributed by atoms with Gasteiger partial charge in [0.25, 0.3) is 0 Å². The summed E-state index contributed by atoms with van der Waals surface area (Å²) >= 11 is 0. The van der Waals surface area contributed by atoms with Gasteiger partial charge in [-0.15, -0.1) is 0 Å². The van der Waals surface area contributed by atoms with Crippen molar-refractivity contribution in [3.63, 3.8) is 0 Å². The van der Waals surface area contributed by atoms with Crippen LogP contribution in [0.15, 0.2) is 0 Å². The molecule has 0 amide bonds. The van der Waals surface area contributed by atoms with Crippen LogP contribution in [0.5, 0.6) is 0 Å². The summed E-state index contributed by atoms with van der Waals surface area (Å²) in [7, 11) is 0. The number of halogens is 3. The minimum Gasteiger partial charge on any atom is -0.311 e. The molecule has 4 atom stereocenters. The molecule has 18 heavy (non-hydrogen) atoms. The van der Waals surface area contributed by atoms with E-state index in [1.807, 2.05) is 0 Å². The first-order valence-corrected chi connectivity index (χ1v) is 7.29. The van der Waals surface area contributed by atoms with Gasteiger partial charge in [0.2, 0.25) is 0 Å². The molecule has 2 rings (SSSR count). The van der Waals surface area contributed by atoms with E-state index in [9.17, 15) is 13.2 Å². The Morgan fingerprint density at radius 2 is 1.67 bits per heavy atom. The first-order chi connectivity index (χ1) is 8.47. The number of rotatable bonds is 2. The molecule has 106 valence electrons. The van der Waals surface area contributed by atoms with Crippen LogP contribution < -0.4 is 5.32 Å². The van der Waals surface area contributed by atoms with E-state index in [2.05, 4.69) is 12.2 Å². The normalized spacial score (nSPS) is 38.7. The third-order valence-electron chi connectivity index (χ3n) is 4.57. The molecule has 0 aliphatic heterocycles. The van der Waals surface area contributed by atoms with Crippen molar-refractivity contribution in [1.82, 2.24) is 5.32 Å². The zero-order chi connectivity index (χ0) is 13.2. The molecule has 0 bridgehead atoms. The van der Waals surface area contributed by atoms with E-state index < -0.39 is 12.1 Å². The Bertz CT molecular complexity index is 264. The predicted octanol–water partition coefficient (Wildman–Crippen LogP) is 4.28. The highest BCUT2D eigenvalue weighted by Gasteiger charge is 2.45. The lowest BCUT2D eigenvalue weighted by atomic mass is 9.81. The summed E-state index contributed by atoms with van der Waals surface area (Å²) in [6, 6.07) is -0.0317. The molecule has 1 N–H and O–H groups in total. The van der Waals surface area contributed by atoms with Gasteiger partial charge < -0.3 is 5.32 Å². The fraction of sp³-hybridized carbons (Fsp3) is 1.00. The molecule has 0 saturated heterocycles. The van der Waals surface area contributed by atoms with Gasteiger partial charge in [-0.25, -0.2) is 0 Å².